The number of hydrogen-bond donors (Lipinski definition) is 3. The molecule has 9 heteroatoms. The Bertz CT molecular complexity index is 882. The molecule has 0 aliphatic rings. The van der Waals surface area contributed by atoms with E-state index in [2.05, 4.69) is 9.97 Å². The Kier molecular flexibility index (Phi) is 7.57. The molecule has 0 spiro atoms. The van der Waals surface area contributed by atoms with E-state index in [0.717, 1.165) is 17.0 Å². The third-order valence-electron chi connectivity index (χ3n) is 3.70. The van der Waals surface area contributed by atoms with Gasteiger partial charge in [-0.1, -0.05) is 30.3 Å². The van der Waals surface area contributed by atoms with E-state index in [1.165, 1.54) is 0 Å². The van der Waals surface area contributed by atoms with Gasteiger partial charge in [0.2, 0.25) is 5.95 Å². The second kappa shape index (κ2) is 9.19. The van der Waals surface area contributed by atoms with Gasteiger partial charge in [-0.2, -0.15) is 0 Å². The summed E-state index contributed by atoms with van der Waals surface area (Å²) < 4.78 is 1.94. The monoisotopic (exact) mass is 394 g/mol. The maximum absolute atomic E-state index is 12.0. The summed E-state index contributed by atoms with van der Waals surface area (Å²) in [6, 6.07) is 13.0. The van der Waals surface area contributed by atoms with Crippen molar-refractivity contribution in [2.45, 2.75) is 6.54 Å². The molecular weight excluding hydrogens is 375 g/mol. The predicted octanol–water partition coefficient (Wildman–Crippen LogP) is 2.10. The lowest BCUT2D eigenvalue weighted by atomic mass is 10.1. The maximum atomic E-state index is 12.0. The Morgan fingerprint density at radius 3 is 2.38 bits per heavy atom. The number of aromatic nitrogens is 3. The van der Waals surface area contributed by atoms with Crippen LogP contribution in [0, 0.1) is 0 Å². The number of amides is 1. The van der Waals surface area contributed by atoms with Crippen molar-refractivity contribution in [3.05, 3.63) is 54.2 Å². The number of nitrogen functional groups attached to an aromatic ring is 1. The third kappa shape index (κ3) is 4.13. The first-order valence-corrected chi connectivity index (χ1v) is 7.49. The van der Waals surface area contributed by atoms with Crippen LogP contribution in [0.4, 0.5) is 5.95 Å². The first-order valence-electron chi connectivity index (χ1n) is 7.49. The Morgan fingerprint density at radius 1 is 1.12 bits per heavy atom. The second-order valence-electron chi connectivity index (χ2n) is 5.26. The molecule has 1 aromatic carbocycles. The number of halogens is 2. The Balaban J connectivity index is 0.00000169. The van der Waals surface area contributed by atoms with Gasteiger partial charge in [-0.05, 0) is 17.7 Å². The van der Waals surface area contributed by atoms with Crippen LogP contribution in [-0.4, -0.2) is 27.0 Å². The molecule has 0 unspecified atom stereocenters. The molecule has 26 heavy (non-hydrogen) atoms. The van der Waals surface area contributed by atoms with Gasteiger partial charge < -0.3 is 21.8 Å². The van der Waals surface area contributed by atoms with E-state index in [4.69, 9.17) is 17.2 Å². The van der Waals surface area contributed by atoms with Crippen molar-refractivity contribution < 1.29 is 4.79 Å². The number of hydrogen-bond acceptors (Lipinski definition) is 5. The number of nitrogens with zero attached hydrogens (tertiary/aromatic N) is 3. The van der Waals surface area contributed by atoms with Crippen molar-refractivity contribution >= 4 is 36.7 Å². The lowest BCUT2D eigenvalue weighted by Gasteiger charge is -2.13. The zero-order valence-corrected chi connectivity index (χ0v) is 15.5. The molecule has 0 aliphatic heterocycles. The fourth-order valence-corrected chi connectivity index (χ4v) is 2.73. The van der Waals surface area contributed by atoms with Crippen LogP contribution in [0.3, 0.4) is 0 Å². The van der Waals surface area contributed by atoms with Gasteiger partial charge in [0, 0.05) is 19.3 Å². The van der Waals surface area contributed by atoms with Crippen LogP contribution in [0.2, 0.25) is 0 Å². The molecule has 2 aromatic heterocycles. The highest BCUT2D eigenvalue weighted by atomic mass is 35.5. The fourth-order valence-electron chi connectivity index (χ4n) is 2.73. The zero-order valence-electron chi connectivity index (χ0n) is 13.8. The van der Waals surface area contributed by atoms with Crippen molar-refractivity contribution in [1.82, 2.24) is 14.5 Å². The molecule has 0 saturated carbocycles. The first kappa shape index (κ1) is 21.4. The number of carbonyl (C=O) groups is 1. The zero-order chi connectivity index (χ0) is 17.1. The highest BCUT2D eigenvalue weighted by Crippen LogP contribution is 2.32. The molecule has 0 bridgehead atoms. The largest absolute Gasteiger partial charge is 0.368 e. The van der Waals surface area contributed by atoms with Gasteiger partial charge in [-0.3, -0.25) is 4.79 Å². The molecule has 3 rings (SSSR count). The van der Waals surface area contributed by atoms with E-state index in [0.29, 0.717) is 24.3 Å². The molecule has 0 radical (unpaired) electrons. The lowest BCUT2D eigenvalue weighted by Crippen LogP contribution is -2.15. The van der Waals surface area contributed by atoms with Gasteiger partial charge in [0.1, 0.15) is 0 Å². The number of benzene rings is 1. The van der Waals surface area contributed by atoms with Crippen LogP contribution in [0.25, 0.3) is 22.6 Å². The van der Waals surface area contributed by atoms with Crippen molar-refractivity contribution in [1.29, 1.82) is 0 Å². The van der Waals surface area contributed by atoms with Crippen molar-refractivity contribution in [3.63, 3.8) is 0 Å². The van der Waals surface area contributed by atoms with Gasteiger partial charge in [0.05, 0.1) is 22.6 Å². The molecule has 0 saturated heterocycles. The topological polar surface area (TPSA) is 126 Å². The van der Waals surface area contributed by atoms with Gasteiger partial charge >= 0.3 is 0 Å². The summed E-state index contributed by atoms with van der Waals surface area (Å²) in [4.78, 5) is 20.1. The van der Waals surface area contributed by atoms with Crippen molar-refractivity contribution in [2.24, 2.45) is 11.5 Å². The molecule has 3 aromatic rings. The Labute approximate surface area is 163 Å². The molecule has 2 heterocycles. The molecule has 0 fully saturated rings. The maximum Gasteiger partial charge on any atom is 0.250 e. The minimum absolute atomic E-state index is 0. The number of rotatable bonds is 5. The summed E-state index contributed by atoms with van der Waals surface area (Å²) in [6.07, 6.45) is 1.57. The van der Waals surface area contributed by atoms with E-state index in [-0.39, 0.29) is 30.8 Å². The predicted molar refractivity (Wildman–Crippen MR) is 107 cm³/mol. The number of nitrogens with two attached hydrogens (primary N) is 3. The summed E-state index contributed by atoms with van der Waals surface area (Å²) in [5.41, 5.74) is 20.4. The van der Waals surface area contributed by atoms with Crippen molar-refractivity contribution in [3.8, 4) is 22.6 Å². The lowest BCUT2D eigenvalue weighted by molar-refractivity contribution is 0.100. The molecule has 138 valence electrons. The average molecular weight is 395 g/mol. The molecular formula is C17H20Cl2N6O. The molecule has 0 atom stereocenters. The number of anilines is 1. The van der Waals surface area contributed by atoms with Gasteiger partial charge in [-0.15, -0.1) is 24.8 Å². The number of carbonyl (C=O) groups excluding carboxylic acids is 1. The molecule has 1 amide bonds. The summed E-state index contributed by atoms with van der Waals surface area (Å²) in [5.74, 6) is -0.345. The molecule has 7 nitrogen and oxygen atoms in total. The quantitative estimate of drug-likeness (QED) is 0.610. The number of primary amides is 1. The van der Waals surface area contributed by atoms with Crippen LogP contribution in [0.5, 0.6) is 0 Å². The summed E-state index contributed by atoms with van der Waals surface area (Å²) in [5, 5.41) is 0. The van der Waals surface area contributed by atoms with E-state index in [1.54, 1.807) is 18.3 Å². The Morgan fingerprint density at radius 2 is 1.81 bits per heavy atom. The standard InChI is InChI=1S/C17H18N6O.2ClH/c18-7-9-23-14(13-6-8-21-17(20)22-13)10-12(16(19)24)15(23)11-4-2-1-3-5-11;;/h1-6,8,10H,7,9,18H2,(H2,19,24)(H2,20,21,22);2*1H. The van der Waals surface area contributed by atoms with Crippen LogP contribution in [0.1, 0.15) is 10.4 Å². The second-order valence-corrected chi connectivity index (χ2v) is 5.26. The smallest absolute Gasteiger partial charge is 0.250 e. The minimum Gasteiger partial charge on any atom is -0.368 e. The Hall–Kier alpha value is -2.61. The van der Waals surface area contributed by atoms with E-state index >= 15 is 0 Å². The van der Waals surface area contributed by atoms with E-state index < -0.39 is 5.91 Å². The van der Waals surface area contributed by atoms with E-state index in [9.17, 15) is 4.79 Å². The summed E-state index contributed by atoms with van der Waals surface area (Å²) >= 11 is 0. The third-order valence-corrected chi connectivity index (χ3v) is 3.70. The van der Waals surface area contributed by atoms with Gasteiger partial charge in [0.25, 0.3) is 5.91 Å². The summed E-state index contributed by atoms with van der Waals surface area (Å²) in [6.45, 7) is 0.914. The first-order chi connectivity index (χ1) is 11.6. The van der Waals surface area contributed by atoms with Crippen LogP contribution >= 0.6 is 24.8 Å². The van der Waals surface area contributed by atoms with E-state index in [1.807, 2.05) is 34.9 Å². The van der Waals surface area contributed by atoms with Crippen LogP contribution in [-0.2, 0) is 6.54 Å². The highest BCUT2D eigenvalue weighted by molar-refractivity contribution is 6.01. The molecule has 0 aliphatic carbocycles. The molecule has 6 N–H and O–H groups in total. The SMILES string of the molecule is Cl.Cl.NCCn1c(-c2ccnc(N)n2)cc(C(N)=O)c1-c1ccccc1. The average Bonchev–Trinajstić information content (AvgIpc) is 2.96. The van der Waals surface area contributed by atoms with Gasteiger partial charge in [0.15, 0.2) is 0 Å². The van der Waals surface area contributed by atoms with Crippen LogP contribution < -0.4 is 17.2 Å². The van der Waals surface area contributed by atoms with Crippen molar-refractivity contribution in [2.75, 3.05) is 12.3 Å². The minimum atomic E-state index is -0.507. The normalized spacial score (nSPS) is 9.88. The van der Waals surface area contributed by atoms with Gasteiger partial charge in [-0.25, -0.2) is 9.97 Å². The highest BCUT2D eigenvalue weighted by Gasteiger charge is 2.21. The summed E-state index contributed by atoms with van der Waals surface area (Å²) in [7, 11) is 0. The van der Waals surface area contributed by atoms with Crippen LogP contribution in [0.15, 0.2) is 48.7 Å². The fraction of sp³-hybridized carbons (Fsp3) is 0.118.